The Labute approximate surface area is 173 Å². The normalized spacial score (nSPS) is 23.3. The van der Waals surface area contributed by atoms with Gasteiger partial charge in [0.1, 0.15) is 40.8 Å². The molecule has 0 bridgehead atoms. The minimum atomic E-state index is -1.62. The molecule has 1 saturated heterocycles. The van der Waals surface area contributed by atoms with Crippen LogP contribution in [0.2, 0.25) is 0 Å². The zero-order valence-electron chi connectivity index (χ0n) is 15.7. The molecule has 11 nitrogen and oxygen atoms in total. The highest BCUT2D eigenvalue weighted by Gasteiger charge is 2.44. The predicted molar refractivity (Wildman–Crippen MR) is 103 cm³/mol. The SMILES string of the molecule is O=c1c(OC2O[C@H](CO)[C@H](O)[C@H]2O)c(-c2ccc(O)c(O)c2)oc2cc(O)cc(O)c12. The summed E-state index contributed by atoms with van der Waals surface area (Å²) in [6, 6.07) is 5.50. The van der Waals surface area contributed by atoms with E-state index in [1.54, 1.807) is 0 Å². The number of aliphatic hydroxyl groups excluding tert-OH is 3. The molecule has 4 rings (SSSR count). The van der Waals surface area contributed by atoms with Crippen LogP contribution in [0.4, 0.5) is 0 Å². The average Bonchev–Trinajstić information content (AvgIpc) is 2.99. The third-order valence-electron chi connectivity index (χ3n) is 4.89. The summed E-state index contributed by atoms with van der Waals surface area (Å²) in [7, 11) is 0. The molecule has 164 valence electrons. The number of fused-ring (bicyclic) bond motifs is 1. The first-order valence-corrected chi connectivity index (χ1v) is 9.05. The molecule has 4 atom stereocenters. The molecule has 2 aromatic carbocycles. The Bertz CT molecular complexity index is 1200. The van der Waals surface area contributed by atoms with E-state index in [1.165, 1.54) is 6.07 Å². The van der Waals surface area contributed by atoms with Gasteiger partial charge in [0.2, 0.25) is 17.5 Å². The van der Waals surface area contributed by atoms with Gasteiger partial charge < -0.3 is 49.6 Å². The van der Waals surface area contributed by atoms with Gasteiger partial charge in [-0.25, -0.2) is 0 Å². The summed E-state index contributed by atoms with van der Waals surface area (Å²) in [4.78, 5) is 13.1. The molecule has 7 N–H and O–H groups in total. The zero-order valence-corrected chi connectivity index (χ0v) is 15.7. The molecule has 0 radical (unpaired) electrons. The van der Waals surface area contributed by atoms with Crippen LogP contribution >= 0.6 is 0 Å². The molecule has 1 unspecified atom stereocenters. The fraction of sp³-hybridized carbons (Fsp3) is 0.250. The van der Waals surface area contributed by atoms with E-state index >= 15 is 0 Å². The molecule has 0 aliphatic carbocycles. The van der Waals surface area contributed by atoms with E-state index < -0.39 is 59.6 Å². The van der Waals surface area contributed by atoms with Crippen LogP contribution in [0.1, 0.15) is 0 Å². The molecule has 0 spiro atoms. The van der Waals surface area contributed by atoms with Gasteiger partial charge in [-0.2, -0.15) is 0 Å². The topological polar surface area (TPSA) is 190 Å². The third-order valence-corrected chi connectivity index (χ3v) is 4.89. The van der Waals surface area contributed by atoms with Crippen LogP contribution in [0.25, 0.3) is 22.3 Å². The first-order valence-electron chi connectivity index (χ1n) is 9.05. The summed E-state index contributed by atoms with van der Waals surface area (Å²) in [6.45, 7) is -0.622. The van der Waals surface area contributed by atoms with E-state index in [-0.39, 0.29) is 28.0 Å². The molecule has 31 heavy (non-hydrogen) atoms. The number of hydrogen-bond acceptors (Lipinski definition) is 11. The van der Waals surface area contributed by atoms with Crippen molar-refractivity contribution < 1.29 is 49.6 Å². The van der Waals surface area contributed by atoms with Crippen molar-refractivity contribution in [1.29, 1.82) is 0 Å². The Morgan fingerprint density at radius 3 is 2.32 bits per heavy atom. The number of aliphatic hydroxyl groups is 3. The predicted octanol–water partition coefficient (Wildman–Crippen LogP) is 0.100. The van der Waals surface area contributed by atoms with Crippen molar-refractivity contribution in [2.45, 2.75) is 24.6 Å². The lowest BCUT2D eigenvalue weighted by Gasteiger charge is -2.19. The van der Waals surface area contributed by atoms with Crippen LogP contribution < -0.4 is 10.2 Å². The second-order valence-electron chi connectivity index (χ2n) is 6.96. The van der Waals surface area contributed by atoms with E-state index in [4.69, 9.17) is 13.9 Å². The largest absolute Gasteiger partial charge is 0.508 e. The lowest BCUT2D eigenvalue weighted by atomic mass is 10.1. The van der Waals surface area contributed by atoms with Crippen molar-refractivity contribution in [2.24, 2.45) is 0 Å². The summed E-state index contributed by atoms with van der Waals surface area (Å²) in [5.41, 5.74) is -1.04. The van der Waals surface area contributed by atoms with Crippen molar-refractivity contribution in [3.63, 3.8) is 0 Å². The highest BCUT2D eigenvalue weighted by atomic mass is 16.7. The van der Waals surface area contributed by atoms with Gasteiger partial charge in [-0.15, -0.1) is 0 Å². The van der Waals surface area contributed by atoms with E-state index in [9.17, 15) is 40.5 Å². The van der Waals surface area contributed by atoms with Crippen LogP contribution in [0, 0.1) is 0 Å². The highest BCUT2D eigenvalue weighted by Crippen LogP contribution is 2.39. The lowest BCUT2D eigenvalue weighted by Crippen LogP contribution is -2.36. The van der Waals surface area contributed by atoms with E-state index in [1.807, 2.05) is 0 Å². The van der Waals surface area contributed by atoms with Crippen molar-refractivity contribution in [3.05, 3.63) is 40.6 Å². The summed E-state index contributed by atoms with van der Waals surface area (Å²) in [6.07, 6.45) is -5.86. The second-order valence-corrected chi connectivity index (χ2v) is 6.96. The molecular weight excluding hydrogens is 416 g/mol. The third kappa shape index (κ3) is 3.49. The van der Waals surface area contributed by atoms with Gasteiger partial charge in [0.25, 0.3) is 0 Å². The lowest BCUT2D eigenvalue weighted by molar-refractivity contribution is -0.117. The second kappa shape index (κ2) is 7.63. The molecule has 0 amide bonds. The van der Waals surface area contributed by atoms with Gasteiger partial charge in [0.15, 0.2) is 17.3 Å². The summed E-state index contributed by atoms with van der Waals surface area (Å²) >= 11 is 0. The van der Waals surface area contributed by atoms with Gasteiger partial charge in [-0.05, 0) is 18.2 Å². The van der Waals surface area contributed by atoms with Crippen LogP contribution in [0.15, 0.2) is 39.5 Å². The molecule has 1 aliphatic heterocycles. The summed E-state index contributed by atoms with van der Waals surface area (Å²) < 4.78 is 16.4. The smallest absolute Gasteiger partial charge is 0.239 e. The highest BCUT2D eigenvalue weighted by molar-refractivity contribution is 5.88. The monoisotopic (exact) mass is 434 g/mol. The molecule has 1 aromatic heterocycles. The molecule has 2 heterocycles. The average molecular weight is 434 g/mol. The maximum absolute atomic E-state index is 13.1. The van der Waals surface area contributed by atoms with Crippen molar-refractivity contribution >= 4 is 11.0 Å². The van der Waals surface area contributed by atoms with Crippen molar-refractivity contribution in [1.82, 2.24) is 0 Å². The Morgan fingerprint density at radius 1 is 0.935 bits per heavy atom. The van der Waals surface area contributed by atoms with Gasteiger partial charge in [-0.1, -0.05) is 0 Å². The zero-order chi connectivity index (χ0) is 22.4. The van der Waals surface area contributed by atoms with E-state index in [0.29, 0.717) is 0 Å². The van der Waals surface area contributed by atoms with Gasteiger partial charge >= 0.3 is 0 Å². The number of ether oxygens (including phenoxy) is 2. The van der Waals surface area contributed by atoms with E-state index in [0.717, 1.165) is 24.3 Å². The van der Waals surface area contributed by atoms with Crippen molar-refractivity contribution in [2.75, 3.05) is 6.61 Å². The number of rotatable bonds is 4. The van der Waals surface area contributed by atoms with Crippen LogP contribution in [-0.4, -0.2) is 67.0 Å². The number of benzene rings is 2. The quantitative estimate of drug-likeness (QED) is 0.276. The maximum Gasteiger partial charge on any atom is 0.239 e. The Kier molecular flexibility index (Phi) is 5.11. The fourth-order valence-corrected chi connectivity index (χ4v) is 3.31. The van der Waals surface area contributed by atoms with Crippen molar-refractivity contribution in [3.8, 4) is 40.1 Å². The standard InChI is InChI=1S/C20H18O11/c21-6-13-15(26)17(28)20(30-13)31-19-16(27)14-11(25)4-8(22)5-12(14)29-18(19)7-1-2-9(23)10(24)3-7/h1-5,13,15,17,20-26,28H,6H2/t13-,15+,17-,20?/m1/s1. The number of hydrogen-bond donors (Lipinski definition) is 7. The summed E-state index contributed by atoms with van der Waals surface area (Å²) in [5.74, 6) is -2.78. The molecular formula is C20H18O11. The molecule has 0 saturated carbocycles. The number of phenolic OH excluding ortho intramolecular Hbond substituents is 4. The molecule has 11 heteroatoms. The van der Waals surface area contributed by atoms with E-state index in [2.05, 4.69) is 0 Å². The Hall–Kier alpha value is -3.51. The maximum atomic E-state index is 13.1. The van der Waals surface area contributed by atoms with Gasteiger partial charge in [0, 0.05) is 17.7 Å². The minimum absolute atomic E-state index is 0.0684. The summed E-state index contributed by atoms with van der Waals surface area (Å²) in [5, 5.41) is 68.3. The first-order chi connectivity index (χ1) is 14.7. The molecule has 1 fully saturated rings. The van der Waals surface area contributed by atoms with Crippen LogP contribution in [0.5, 0.6) is 28.7 Å². The van der Waals surface area contributed by atoms with Crippen LogP contribution in [0.3, 0.4) is 0 Å². The first kappa shape index (κ1) is 20.8. The Morgan fingerprint density at radius 2 is 1.68 bits per heavy atom. The molecule has 3 aromatic rings. The molecule has 1 aliphatic rings. The van der Waals surface area contributed by atoms with Gasteiger partial charge in [-0.3, -0.25) is 4.79 Å². The number of phenols is 4. The van der Waals surface area contributed by atoms with Crippen LogP contribution in [-0.2, 0) is 4.74 Å². The van der Waals surface area contributed by atoms with Gasteiger partial charge in [0.05, 0.1) is 6.61 Å². The fourth-order valence-electron chi connectivity index (χ4n) is 3.31. The Balaban J connectivity index is 1.92. The number of aromatic hydroxyl groups is 4. The minimum Gasteiger partial charge on any atom is -0.508 e.